The number of halogens is 4. The van der Waals surface area contributed by atoms with Gasteiger partial charge in [-0.05, 0) is 109 Å². The van der Waals surface area contributed by atoms with E-state index in [9.17, 15) is 37.6 Å². The zero-order valence-corrected chi connectivity index (χ0v) is 34.8. The molecular formula is C40H51ClF3N9O4S. The van der Waals surface area contributed by atoms with Gasteiger partial charge in [0.2, 0.25) is 11.8 Å². The summed E-state index contributed by atoms with van der Waals surface area (Å²) in [6, 6.07) is 7.98. The summed E-state index contributed by atoms with van der Waals surface area (Å²) in [5.41, 5.74) is -2.06. The maximum atomic E-state index is 13.7. The Bertz CT molecular complexity index is 1920. The minimum atomic E-state index is -4.75. The fraction of sp³-hybridized carbons (Fsp3) is 0.575. The lowest BCUT2D eigenvalue weighted by atomic mass is 9.81. The summed E-state index contributed by atoms with van der Waals surface area (Å²) in [6.07, 6.45) is 3.84. The second kappa shape index (κ2) is 18.3. The molecule has 58 heavy (non-hydrogen) atoms. The lowest BCUT2D eigenvalue weighted by Crippen LogP contribution is -2.58. The fourth-order valence-electron chi connectivity index (χ4n) is 8.89. The average molecular weight is 846 g/mol. The van der Waals surface area contributed by atoms with Gasteiger partial charge in [-0.3, -0.25) is 34.4 Å². The van der Waals surface area contributed by atoms with E-state index in [1.165, 1.54) is 22.1 Å². The second-order valence-electron chi connectivity index (χ2n) is 16.2. The molecule has 0 spiro atoms. The number of nitrogens with zero attached hydrogens (tertiary/aromatic N) is 7. The molecule has 3 aliphatic heterocycles. The minimum absolute atomic E-state index is 0. The number of aromatic nitrogens is 1. The van der Waals surface area contributed by atoms with Gasteiger partial charge in [-0.1, -0.05) is 12.8 Å². The van der Waals surface area contributed by atoms with Crippen LogP contribution >= 0.6 is 24.6 Å². The first-order valence-corrected chi connectivity index (χ1v) is 20.0. The number of thiocarbonyl (C=S) groups is 1. The topological polar surface area (TPSA) is 145 Å². The van der Waals surface area contributed by atoms with E-state index in [1.807, 2.05) is 4.90 Å². The van der Waals surface area contributed by atoms with Gasteiger partial charge in [0.15, 0.2) is 5.11 Å². The molecule has 4 aliphatic rings. The summed E-state index contributed by atoms with van der Waals surface area (Å²) in [5, 5.41) is 14.6. The molecule has 1 saturated carbocycles. The van der Waals surface area contributed by atoms with Crippen LogP contribution in [0.15, 0.2) is 36.5 Å². The molecule has 18 heteroatoms. The van der Waals surface area contributed by atoms with Crippen molar-refractivity contribution in [1.29, 1.82) is 5.26 Å². The zero-order valence-electron chi connectivity index (χ0n) is 33.2. The van der Waals surface area contributed by atoms with Gasteiger partial charge in [0.1, 0.15) is 11.4 Å². The summed E-state index contributed by atoms with van der Waals surface area (Å²) < 4.78 is 41.2. The number of hydrogen-bond donors (Lipinski definition) is 2. The number of carbonyl (C=O) groups excluding carboxylic acids is 4. The summed E-state index contributed by atoms with van der Waals surface area (Å²) in [5.74, 6) is -0.00558. The Kier molecular flexibility index (Phi) is 14.1. The predicted octanol–water partition coefficient (Wildman–Crippen LogP) is 6.31. The molecule has 2 N–H and O–H groups in total. The van der Waals surface area contributed by atoms with E-state index < -0.39 is 28.9 Å². The highest BCUT2D eigenvalue weighted by molar-refractivity contribution is 7.80. The first-order valence-electron chi connectivity index (χ1n) is 19.6. The van der Waals surface area contributed by atoms with Gasteiger partial charge >= 0.3 is 12.2 Å². The van der Waals surface area contributed by atoms with Gasteiger partial charge in [0.05, 0.1) is 35.1 Å². The van der Waals surface area contributed by atoms with Crippen molar-refractivity contribution in [2.45, 2.75) is 109 Å². The molecule has 4 fully saturated rings. The molecule has 4 heterocycles. The Labute approximate surface area is 348 Å². The smallest absolute Gasteiger partial charge is 0.331 e. The number of carbonyl (C=O) groups is 4. The first kappa shape index (κ1) is 44.7. The Hall–Kier alpha value is -4.37. The van der Waals surface area contributed by atoms with Gasteiger partial charge in [-0.15, -0.1) is 12.4 Å². The fourth-order valence-corrected chi connectivity index (χ4v) is 9.45. The van der Waals surface area contributed by atoms with Gasteiger partial charge in [-0.2, -0.15) is 18.4 Å². The number of hydrogen-bond acceptors (Lipinski definition) is 9. The molecule has 5 amide bonds. The van der Waals surface area contributed by atoms with Gasteiger partial charge in [0, 0.05) is 56.4 Å². The van der Waals surface area contributed by atoms with Crippen LogP contribution in [0.1, 0.15) is 90.2 Å². The summed E-state index contributed by atoms with van der Waals surface area (Å²) in [4.78, 5) is 64.0. The first-order chi connectivity index (χ1) is 27.0. The van der Waals surface area contributed by atoms with E-state index in [0.717, 1.165) is 76.7 Å². The molecule has 13 nitrogen and oxygen atoms in total. The molecule has 3 saturated heterocycles. The standard InChI is InChI=1S/C40H50F3N9O4S.ClH/c1-25-22-48(23-26(2)50(25)24-35(54)46-33-20-30(14-16-45-33)49-18-15-34(53)47-37(49)56)17-6-5-7-27-8-11-29(12-9-27)52-38(57)51(36(55)39(52,3)4)31-13-10-28(21-44)32(19-31)40(41,42)43;/h10,13-14,16,19-20,25-27,29H,5-9,11-12,15,17-18,22-24H2,1-4H3,(H,45,46,54)(H,47,53,56);1H/t25-,26+,27?,29?;. The number of unbranched alkanes of at least 4 members (excludes halogenated alkanes) is 1. The number of benzene rings is 1. The van der Waals surface area contributed by atoms with Gasteiger partial charge in [-0.25, -0.2) is 9.78 Å². The van der Waals surface area contributed by atoms with Crippen LogP contribution in [0.25, 0.3) is 0 Å². The molecule has 6 rings (SSSR count). The molecule has 0 radical (unpaired) electrons. The molecular weight excluding hydrogens is 795 g/mol. The van der Waals surface area contributed by atoms with Crippen molar-refractivity contribution in [3.05, 3.63) is 47.7 Å². The third-order valence-electron chi connectivity index (χ3n) is 11.8. The Morgan fingerprint density at radius 1 is 1.03 bits per heavy atom. The monoisotopic (exact) mass is 845 g/mol. The van der Waals surface area contributed by atoms with Crippen molar-refractivity contribution in [3.63, 3.8) is 0 Å². The van der Waals surface area contributed by atoms with Crippen LogP contribution in [0.2, 0.25) is 0 Å². The molecule has 2 aromatic rings. The summed E-state index contributed by atoms with van der Waals surface area (Å²) in [6.45, 7) is 10.9. The quantitative estimate of drug-likeness (QED) is 0.195. The number of amides is 5. The van der Waals surface area contributed by atoms with Gasteiger partial charge < -0.3 is 15.1 Å². The SMILES string of the molecule is C[C@@H]1CN(CCCCC2CCC(N3C(=S)N(c4ccc(C#N)c(C(F)(F)F)c4)C(=O)C3(C)C)CC2)C[C@H](C)N1CC(=O)Nc1cc(N2CCC(=O)NC2=O)ccn1.Cl. The lowest BCUT2D eigenvalue weighted by molar-refractivity contribution is -0.137. The number of rotatable bonds is 11. The van der Waals surface area contributed by atoms with Crippen molar-refractivity contribution in [2.75, 3.05) is 47.8 Å². The van der Waals surface area contributed by atoms with E-state index in [1.54, 1.807) is 32.0 Å². The molecule has 1 aliphatic carbocycles. The van der Waals surface area contributed by atoms with Crippen molar-refractivity contribution in [1.82, 2.24) is 25.0 Å². The summed E-state index contributed by atoms with van der Waals surface area (Å²) >= 11 is 5.76. The Balaban J connectivity index is 0.00000641. The van der Waals surface area contributed by atoms with Crippen LogP contribution < -0.4 is 20.4 Å². The van der Waals surface area contributed by atoms with Gasteiger partial charge in [0.25, 0.3) is 5.91 Å². The largest absolute Gasteiger partial charge is 0.417 e. The number of nitriles is 1. The van der Waals surface area contributed by atoms with Crippen LogP contribution in [0, 0.1) is 17.2 Å². The average Bonchev–Trinajstić information content (AvgIpc) is 3.33. The highest BCUT2D eigenvalue weighted by Crippen LogP contribution is 2.41. The van der Waals surface area contributed by atoms with Crippen molar-refractivity contribution in [2.24, 2.45) is 5.92 Å². The number of urea groups is 1. The van der Waals surface area contributed by atoms with E-state index in [0.29, 0.717) is 17.4 Å². The van der Waals surface area contributed by atoms with Crippen molar-refractivity contribution < 1.29 is 32.3 Å². The highest BCUT2D eigenvalue weighted by Gasteiger charge is 2.52. The van der Waals surface area contributed by atoms with Crippen LogP contribution in [-0.2, 0) is 20.6 Å². The zero-order chi connectivity index (χ0) is 41.2. The van der Waals surface area contributed by atoms with Crippen LogP contribution in [0.4, 0.5) is 35.2 Å². The van der Waals surface area contributed by atoms with E-state index >= 15 is 0 Å². The molecule has 2 atom stereocenters. The maximum absolute atomic E-state index is 13.7. The lowest BCUT2D eigenvalue weighted by Gasteiger charge is -2.44. The third-order valence-corrected chi connectivity index (χ3v) is 12.2. The number of alkyl halides is 3. The molecule has 1 aromatic heterocycles. The van der Waals surface area contributed by atoms with Crippen LogP contribution in [-0.4, -0.2) is 105 Å². The number of imide groups is 1. The number of piperazine rings is 1. The van der Waals surface area contributed by atoms with Crippen molar-refractivity contribution in [3.8, 4) is 6.07 Å². The Morgan fingerprint density at radius 2 is 1.72 bits per heavy atom. The number of pyridine rings is 1. The molecule has 0 unspecified atom stereocenters. The Morgan fingerprint density at radius 3 is 2.36 bits per heavy atom. The van der Waals surface area contributed by atoms with E-state index in [2.05, 4.69) is 39.3 Å². The second-order valence-corrected chi connectivity index (χ2v) is 16.6. The normalized spacial score (nSPS) is 24.3. The number of nitrogens with one attached hydrogen (secondary N) is 2. The third kappa shape index (κ3) is 9.73. The summed E-state index contributed by atoms with van der Waals surface area (Å²) in [7, 11) is 0. The van der Waals surface area contributed by atoms with Crippen LogP contribution in [0.5, 0.6) is 0 Å². The van der Waals surface area contributed by atoms with Crippen molar-refractivity contribution >= 4 is 70.7 Å². The molecule has 1 aromatic carbocycles. The minimum Gasteiger partial charge on any atom is -0.331 e. The number of anilines is 3. The highest BCUT2D eigenvalue weighted by atomic mass is 35.5. The van der Waals surface area contributed by atoms with E-state index in [4.69, 9.17) is 12.2 Å². The molecule has 0 bridgehead atoms. The van der Waals surface area contributed by atoms with Crippen LogP contribution in [0.3, 0.4) is 0 Å². The predicted molar refractivity (Wildman–Crippen MR) is 219 cm³/mol. The maximum Gasteiger partial charge on any atom is 0.417 e. The van der Waals surface area contributed by atoms with E-state index in [-0.39, 0.29) is 78.6 Å². The molecule has 314 valence electrons.